The highest BCUT2D eigenvalue weighted by Gasteiger charge is 2.07. The second kappa shape index (κ2) is 6.08. The molecule has 0 unspecified atom stereocenters. The van der Waals surface area contributed by atoms with Crippen LogP contribution in [-0.4, -0.2) is 7.11 Å². The van der Waals surface area contributed by atoms with Gasteiger partial charge in [0, 0.05) is 16.6 Å². The van der Waals surface area contributed by atoms with Gasteiger partial charge in [0.2, 0.25) is 0 Å². The Balaban J connectivity index is 2.21. The SMILES string of the molecule is COc1cccc(Oc2ccc([C@H](C)N)c(Br)c2)c1. The van der Waals surface area contributed by atoms with Gasteiger partial charge in [-0.15, -0.1) is 0 Å². The van der Waals surface area contributed by atoms with Crippen LogP contribution >= 0.6 is 15.9 Å². The summed E-state index contributed by atoms with van der Waals surface area (Å²) in [5, 5.41) is 0. The first kappa shape index (κ1) is 13.9. The smallest absolute Gasteiger partial charge is 0.131 e. The molecule has 2 rings (SSSR count). The molecule has 2 aromatic carbocycles. The lowest BCUT2D eigenvalue weighted by Gasteiger charge is -2.11. The third-order valence-corrected chi connectivity index (χ3v) is 3.43. The van der Waals surface area contributed by atoms with Crippen LogP contribution in [-0.2, 0) is 0 Å². The summed E-state index contributed by atoms with van der Waals surface area (Å²) < 4.78 is 11.9. The molecule has 4 heteroatoms. The van der Waals surface area contributed by atoms with Gasteiger partial charge < -0.3 is 15.2 Å². The zero-order chi connectivity index (χ0) is 13.8. The summed E-state index contributed by atoms with van der Waals surface area (Å²) in [6.07, 6.45) is 0. The van der Waals surface area contributed by atoms with Crippen LogP contribution in [0.25, 0.3) is 0 Å². The van der Waals surface area contributed by atoms with Gasteiger partial charge in [-0.2, -0.15) is 0 Å². The Morgan fingerprint density at radius 2 is 1.74 bits per heavy atom. The molecule has 0 aliphatic heterocycles. The standard InChI is InChI=1S/C15H16BrNO2/c1-10(17)14-7-6-13(9-15(14)16)19-12-5-3-4-11(8-12)18-2/h3-10H,17H2,1-2H3/t10-/m0/s1. The molecule has 0 bridgehead atoms. The maximum atomic E-state index is 5.87. The number of benzene rings is 2. The second-order valence-electron chi connectivity index (χ2n) is 4.25. The van der Waals surface area contributed by atoms with Crippen molar-refractivity contribution in [1.29, 1.82) is 0 Å². The van der Waals surface area contributed by atoms with E-state index < -0.39 is 0 Å². The van der Waals surface area contributed by atoms with Crippen molar-refractivity contribution in [2.75, 3.05) is 7.11 Å². The number of halogens is 1. The maximum Gasteiger partial charge on any atom is 0.131 e. The Morgan fingerprint density at radius 3 is 2.37 bits per heavy atom. The number of ether oxygens (including phenoxy) is 2. The van der Waals surface area contributed by atoms with E-state index in [0.29, 0.717) is 0 Å². The molecule has 3 nitrogen and oxygen atoms in total. The summed E-state index contributed by atoms with van der Waals surface area (Å²) >= 11 is 3.50. The molecule has 0 amide bonds. The third kappa shape index (κ3) is 3.49. The molecule has 0 aliphatic rings. The van der Waals surface area contributed by atoms with Gasteiger partial charge in [-0.3, -0.25) is 0 Å². The molecular formula is C15H16BrNO2. The van der Waals surface area contributed by atoms with Gasteiger partial charge in [0.05, 0.1) is 7.11 Å². The van der Waals surface area contributed by atoms with Crippen molar-refractivity contribution in [2.24, 2.45) is 5.73 Å². The van der Waals surface area contributed by atoms with Crippen LogP contribution in [0.1, 0.15) is 18.5 Å². The summed E-state index contributed by atoms with van der Waals surface area (Å²) in [5.41, 5.74) is 6.92. The fourth-order valence-electron chi connectivity index (χ4n) is 1.74. The first-order valence-corrected chi connectivity index (χ1v) is 6.76. The van der Waals surface area contributed by atoms with Gasteiger partial charge in [0.15, 0.2) is 0 Å². The third-order valence-electron chi connectivity index (χ3n) is 2.74. The van der Waals surface area contributed by atoms with E-state index in [1.807, 2.05) is 49.4 Å². The van der Waals surface area contributed by atoms with Crippen LogP contribution in [0.2, 0.25) is 0 Å². The van der Waals surface area contributed by atoms with Gasteiger partial charge in [-0.05, 0) is 36.8 Å². The molecule has 0 spiro atoms. The topological polar surface area (TPSA) is 44.5 Å². The Bertz CT molecular complexity index is 570. The maximum absolute atomic E-state index is 5.87. The number of rotatable bonds is 4. The largest absolute Gasteiger partial charge is 0.497 e. The van der Waals surface area contributed by atoms with Crippen LogP contribution in [0.4, 0.5) is 0 Å². The monoisotopic (exact) mass is 321 g/mol. The van der Waals surface area contributed by atoms with Crippen molar-refractivity contribution in [2.45, 2.75) is 13.0 Å². The lowest BCUT2D eigenvalue weighted by atomic mass is 10.1. The van der Waals surface area contributed by atoms with E-state index in [1.54, 1.807) is 7.11 Å². The van der Waals surface area contributed by atoms with Crippen LogP contribution < -0.4 is 15.2 Å². The molecule has 0 heterocycles. The van der Waals surface area contributed by atoms with Crippen molar-refractivity contribution in [3.05, 3.63) is 52.5 Å². The van der Waals surface area contributed by atoms with Crippen LogP contribution in [0, 0.1) is 0 Å². The highest BCUT2D eigenvalue weighted by atomic mass is 79.9. The minimum absolute atomic E-state index is 0.0137. The van der Waals surface area contributed by atoms with Gasteiger partial charge in [0.1, 0.15) is 17.2 Å². The Labute approximate surface area is 121 Å². The molecule has 0 saturated heterocycles. The van der Waals surface area contributed by atoms with E-state index >= 15 is 0 Å². The lowest BCUT2D eigenvalue weighted by molar-refractivity contribution is 0.409. The molecule has 0 saturated carbocycles. The molecule has 19 heavy (non-hydrogen) atoms. The zero-order valence-electron chi connectivity index (χ0n) is 10.9. The summed E-state index contributed by atoms with van der Waals surface area (Å²) in [7, 11) is 1.63. The molecule has 0 aliphatic carbocycles. The summed E-state index contributed by atoms with van der Waals surface area (Å²) in [5.74, 6) is 2.26. The summed E-state index contributed by atoms with van der Waals surface area (Å²) in [6, 6.07) is 13.3. The van der Waals surface area contributed by atoms with E-state index in [4.69, 9.17) is 15.2 Å². The highest BCUT2D eigenvalue weighted by molar-refractivity contribution is 9.10. The summed E-state index contributed by atoms with van der Waals surface area (Å²) in [4.78, 5) is 0. The molecule has 2 aromatic rings. The van der Waals surface area contributed by atoms with Crippen molar-refractivity contribution >= 4 is 15.9 Å². The Kier molecular flexibility index (Phi) is 4.45. The number of hydrogen-bond acceptors (Lipinski definition) is 3. The van der Waals surface area contributed by atoms with E-state index in [2.05, 4.69) is 15.9 Å². The first-order valence-electron chi connectivity index (χ1n) is 5.97. The quantitative estimate of drug-likeness (QED) is 0.914. The fourth-order valence-corrected chi connectivity index (χ4v) is 2.46. The van der Waals surface area contributed by atoms with Gasteiger partial charge in [-0.1, -0.05) is 28.1 Å². The lowest BCUT2D eigenvalue weighted by Crippen LogP contribution is -2.05. The second-order valence-corrected chi connectivity index (χ2v) is 5.11. The van der Waals surface area contributed by atoms with Gasteiger partial charge in [-0.25, -0.2) is 0 Å². The zero-order valence-corrected chi connectivity index (χ0v) is 12.5. The van der Waals surface area contributed by atoms with Crippen molar-refractivity contribution < 1.29 is 9.47 Å². The average molecular weight is 322 g/mol. The minimum atomic E-state index is -0.0137. The molecule has 100 valence electrons. The Morgan fingerprint density at radius 1 is 1.05 bits per heavy atom. The molecule has 0 fully saturated rings. The molecule has 0 radical (unpaired) electrons. The summed E-state index contributed by atoms with van der Waals surface area (Å²) in [6.45, 7) is 1.95. The number of nitrogens with two attached hydrogens (primary N) is 1. The van der Waals surface area contributed by atoms with Crippen LogP contribution in [0.5, 0.6) is 17.2 Å². The minimum Gasteiger partial charge on any atom is -0.497 e. The van der Waals surface area contributed by atoms with Crippen molar-refractivity contribution in [1.82, 2.24) is 0 Å². The molecule has 0 aromatic heterocycles. The van der Waals surface area contributed by atoms with E-state index in [1.165, 1.54) is 0 Å². The number of methoxy groups -OCH3 is 1. The Hall–Kier alpha value is -1.52. The fraction of sp³-hybridized carbons (Fsp3) is 0.200. The van der Waals surface area contributed by atoms with Gasteiger partial charge in [0.25, 0.3) is 0 Å². The van der Waals surface area contributed by atoms with Crippen LogP contribution in [0.15, 0.2) is 46.9 Å². The van der Waals surface area contributed by atoms with E-state index in [0.717, 1.165) is 27.3 Å². The van der Waals surface area contributed by atoms with Crippen LogP contribution in [0.3, 0.4) is 0 Å². The normalized spacial score (nSPS) is 12.0. The highest BCUT2D eigenvalue weighted by Crippen LogP contribution is 2.30. The predicted octanol–water partition coefficient (Wildman–Crippen LogP) is 4.27. The molecular weight excluding hydrogens is 306 g/mol. The van der Waals surface area contributed by atoms with E-state index in [-0.39, 0.29) is 6.04 Å². The average Bonchev–Trinajstić information content (AvgIpc) is 2.38. The molecule has 1 atom stereocenters. The first-order chi connectivity index (χ1) is 9.10. The van der Waals surface area contributed by atoms with Crippen molar-refractivity contribution in [3.63, 3.8) is 0 Å². The van der Waals surface area contributed by atoms with Gasteiger partial charge >= 0.3 is 0 Å². The number of hydrogen-bond donors (Lipinski definition) is 1. The molecule has 2 N–H and O–H groups in total. The van der Waals surface area contributed by atoms with Crippen molar-refractivity contribution in [3.8, 4) is 17.2 Å². The van der Waals surface area contributed by atoms with E-state index in [9.17, 15) is 0 Å². The predicted molar refractivity (Wildman–Crippen MR) is 79.8 cm³/mol.